The highest BCUT2D eigenvalue weighted by Crippen LogP contribution is 2.22. The summed E-state index contributed by atoms with van der Waals surface area (Å²) in [6, 6.07) is 5.20. The number of hydrogen-bond donors (Lipinski definition) is 2. The normalized spacial score (nSPS) is 12.6. The summed E-state index contributed by atoms with van der Waals surface area (Å²) in [6.07, 6.45) is 0. The number of rotatable bonds is 4. The number of carboxylic acids is 1. The van der Waals surface area contributed by atoms with Gasteiger partial charge >= 0.3 is 5.97 Å². The third-order valence-corrected chi connectivity index (χ3v) is 2.91. The zero-order valence-corrected chi connectivity index (χ0v) is 10.4. The lowest BCUT2D eigenvalue weighted by Gasteiger charge is -2.19. The summed E-state index contributed by atoms with van der Waals surface area (Å²) in [4.78, 5) is 10.8. The molecule has 0 aliphatic rings. The second kappa shape index (κ2) is 5.21. The average Bonchev–Trinajstić information content (AvgIpc) is 2.16. The predicted molar refractivity (Wildman–Crippen MR) is 66.3 cm³/mol. The maximum absolute atomic E-state index is 10.8. The lowest BCUT2D eigenvalue weighted by atomic mass is 10.1. The molecule has 1 rings (SSSR count). The van der Waals surface area contributed by atoms with Crippen molar-refractivity contribution in [3.8, 4) is 0 Å². The van der Waals surface area contributed by atoms with Crippen molar-refractivity contribution in [2.45, 2.75) is 26.8 Å². The summed E-state index contributed by atoms with van der Waals surface area (Å²) in [5.74, 6) is -0.508. The molecule has 1 aromatic carbocycles. The molecule has 0 saturated heterocycles. The van der Waals surface area contributed by atoms with Gasteiger partial charge in [0.25, 0.3) is 0 Å². The van der Waals surface area contributed by atoms with Gasteiger partial charge in [-0.1, -0.05) is 25.4 Å². The van der Waals surface area contributed by atoms with E-state index >= 15 is 0 Å². The fourth-order valence-electron chi connectivity index (χ4n) is 1.21. The van der Waals surface area contributed by atoms with Crippen LogP contribution in [0.15, 0.2) is 18.2 Å². The lowest BCUT2D eigenvalue weighted by Crippen LogP contribution is -2.21. The van der Waals surface area contributed by atoms with E-state index in [2.05, 4.69) is 26.1 Å². The second-order valence-electron chi connectivity index (χ2n) is 4.18. The minimum absolute atomic E-state index is 0.129. The number of hydrogen-bond acceptors (Lipinski definition) is 2. The molecule has 0 aromatic heterocycles. The van der Waals surface area contributed by atoms with Crippen LogP contribution in [0.2, 0.25) is 5.02 Å². The van der Waals surface area contributed by atoms with Crippen molar-refractivity contribution in [3.05, 3.63) is 28.8 Å². The number of aromatic carboxylic acids is 1. The van der Waals surface area contributed by atoms with E-state index in [1.165, 1.54) is 6.07 Å². The molecular weight excluding hydrogens is 226 g/mol. The Morgan fingerprint density at radius 1 is 1.38 bits per heavy atom. The molecule has 0 aliphatic carbocycles. The molecular formula is C12H16ClNO2. The van der Waals surface area contributed by atoms with E-state index < -0.39 is 5.97 Å². The highest BCUT2D eigenvalue weighted by Gasteiger charge is 2.11. The first kappa shape index (κ1) is 12.8. The Kier molecular flexibility index (Phi) is 4.19. The summed E-state index contributed by atoms with van der Waals surface area (Å²) in [5.41, 5.74) is 0.973. The fourth-order valence-corrected chi connectivity index (χ4v) is 1.47. The summed E-state index contributed by atoms with van der Waals surface area (Å²) < 4.78 is 0. The van der Waals surface area contributed by atoms with Gasteiger partial charge in [0.1, 0.15) is 0 Å². The minimum atomic E-state index is -1.01. The monoisotopic (exact) mass is 241 g/mol. The van der Waals surface area contributed by atoms with Crippen molar-refractivity contribution in [2.75, 3.05) is 5.32 Å². The van der Waals surface area contributed by atoms with Gasteiger partial charge in [-0.15, -0.1) is 0 Å². The van der Waals surface area contributed by atoms with Crippen LogP contribution in [-0.2, 0) is 0 Å². The van der Waals surface area contributed by atoms with Crippen molar-refractivity contribution >= 4 is 23.3 Å². The molecule has 3 nitrogen and oxygen atoms in total. The fraction of sp³-hybridized carbons (Fsp3) is 0.417. The van der Waals surface area contributed by atoms with Crippen LogP contribution in [0, 0.1) is 5.92 Å². The Morgan fingerprint density at radius 3 is 2.44 bits per heavy atom. The lowest BCUT2D eigenvalue weighted by molar-refractivity contribution is 0.0697. The first-order valence-corrected chi connectivity index (χ1v) is 5.59. The summed E-state index contributed by atoms with van der Waals surface area (Å²) in [7, 11) is 0. The zero-order chi connectivity index (χ0) is 12.3. The third-order valence-electron chi connectivity index (χ3n) is 2.59. The third kappa shape index (κ3) is 3.14. The summed E-state index contributed by atoms with van der Waals surface area (Å²) >= 11 is 5.87. The van der Waals surface area contributed by atoms with Gasteiger partial charge in [-0.05, 0) is 31.0 Å². The Balaban J connectivity index is 2.85. The molecule has 0 spiro atoms. The zero-order valence-electron chi connectivity index (χ0n) is 9.62. The Morgan fingerprint density at radius 2 is 2.00 bits per heavy atom. The van der Waals surface area contributed by atoms with Crippen LogP contribution in [0.5, 0.6) is 0 Å². The van der Waals surface area contributed by atoms with Gasteiger partial charge in [-0.2, -0.15) is 0 Å². The molecule has 4 heteroatoms. The number of benzene rings is 1. The van der Waals surface area contributed by atoms with Gasteiger partial charge in [0.05, 0.1) is 10.6 Å². The molecule has 1 aromatic rings. The highest BCUT2D eigenvalue weighted by molar-refractivity contribution is 6.33. The van der Waals surface area contributed by atoms with Gasteiger partial charge in [-0.3, -0.25) is 0 Å². The molecule has 0 fully saturated rings. The number of anilines is 1. The first-order valence-electron chi connectivity index (χ1n) is 5.21. The SMILES string of the molecule is CC(C)C(C)Nc1ccc(C(=O)O)c(Cl)c1. The molecule has 0 aliphatic heterocycles. The quantitative estimate of drug-likeness (QED) is 0.848. The van der Waals surface area contributed by atoms with E-state index in [0.717, 1.165) is 5.69 Å². The van der Waals surface area contributed by atoms with E-state index in [1.54, 1.807) is 12.1 Å². The number of carbonyl (C=O) groups is 1. The number of carboxylic acid groups (broad SMARTS) is 1. The summed E-state index contributed by atoms with van der Waals surface area (Å²) in [6.45, 7) is 6.31. The maximum atomic E-state index is 10.8. The molecule has 1 atom stereocenters. The smallest absolute Gasteiger partial charge is 0.337 e. The van der Waals surface area contributed by atoms with Gasteiger partial charge in [-0.25, -0.2) is 4.79 Å². The van der Waals surface area contributed by atoms with E-state index in [1.807, 2.05) is 0 Å². The minimum Gasteiger partial charge on any atom is -0.478 e. The molecule has 1 unspecified atom stereocenters. The van der Waals surface area contributed by atoms with Crippen LogP contribution in [0.3, 0.4) is 0 Å². The van der Waals surface area contributed by atoms with Gasteiger partial charge in [0, 0.05) is 11.7 Å². The molecule has 0 saturated carbocycles. The Bertz CT molecular complexity index is 391. The Labute approximate surface area is 100 Å². The van der Waals surface area contributed by atoms with Gasteiger partial charge in [0.15, 0.2) is 0 Å². The van der Waals surface area contributed by atoms with Gasteiger partial charge < -0.3 is 10.4 Å². The van der Waals surface area contributed by atoms with E-state index in [9.17, 15) is 4.79 Å². The number of halogens is 1. The molecule has 0 heterocycles. The van der Waals surface area contributed by atoms with Gasteiger partial charge in [0.2, 0.25) is 0 Å². The van der Waals surface area contributed by atoms with Crippen molar-refractivity contribution < 1.29 is 9.90 Å². The number of nitrogens with one attached hydrogen (secondary N) is 1. The molecule has 0 amide bonds. The van der Waals surface area contributed by atoms with E-state index in [4.69, 9.17) is 16.7 Å². The van der Waals surface area contributed by atoms with Crippen molar-refractivity contribution in [1.82, 2.24) is 0 Å². The van der Waals surface area contributed by atoms with Crippen LogP contribution in [0.1, 0.15) is 31.1 Å². The molecule has 0 radical (unpaired) electrons. The van der Waals surface area contributed by atoms with Crippen molar-refractivity contribution in [2.24, 2.45) is 5.92 Å². The first-order chi connectivity index (χ1) is 7.41. The van der Waals surface area contributed by atoms with Crippen LogP contribution in [0.25, 0.3) is 0 Å². The summed E-state index contributed by atoms with van der Waals surface area (Å²) in [5, 5.41) is 12.4. The predicted octanol–water partition coefficient (Wildman–Crippen LogP) is 3.49. The second-order valence-corrected chi connectivity index (χ2v) is 4.58. The average molecular weight is 242 g/mol. The van der Waals surface area contributed by atoms with E-state index in [-0.39, 0.29) is 10.6 Å². The molecule has 16 heavy (non-hydrogen) atoms. The molecule has 88 valence electrons. The Hall–Kier alpha value is -1.22. The molecule has 2 N–H and O–H groups in total. The maximum Gasteiger partial charge on any atom is 0.337 e. The van der Waals surface area contributed by atoms with Crippen LogP contribution in [0.4, 0.5) is 5.69 Å². The van der Waals surface area contributed by atoms with Crippen LogP contribution < -0.4 is 5.32 Å². The molecule has 0 bridgehead atoms. The standard InChI is InChI=1S/C12H16ClNO2/c1-7(2)8(3)14-9-4-5-10(12(15)16)11(13)6-9/h4-8,14H,1-3H3,(H,15,16). The largest absolute Gasteiger partial charge is 0.478 e. The van der Waals surface area contributed by atoms with E-state index in [0.29, 0.717) is 12.0 Å². The van der Waals surface area contributed by atoms with Crippen molar-refractivity contribution in [1.29, 1.82) is 0 Å². The van der Waals surface area contributed by atoms with Crippen molar-refractivity contribution in [3.63, 3.8) is 0 Å². The topological polar surface area (TPSA) is 49.3 Å². The van der Waals surface area contributed by atoms with Crippen LogP contribution in [-0.4, -0.2) is 17.1 Å². The van der Waals surface area contributed by atoms with Crippen LogP contribution >= 0.6 is 11.6 Å². The highest BCUT2D eigenvalue weighted by atomic mass is 35.5.